The highest BCUT2D eigenvalue weighted by molar-refractivity contribution is 5.99. The van der Waals surface area contributed by atoms with Gasteiger partial charge in [0.2, 0.25) is 0 Å². The van der Waals surface area contributed by atoms with E-state index in [-0.39, 0.29) is 5.91 Å². The van der Waals surface area contributed by atoms with E-state index in [1.54, 1.807) is 16.8 Å². The number of amides is 1. The van der Waals surface area contributed by atoms with E-state index >= 15 is 0 Å². The van der Waals surface area contributed by atoms with Crippen LogP contribution in [0.1, 0.15) is 15.9 Å². The number of benzene rings is 1. The molecule has 0 aliphatic heterocycles. The molecule has 1 heterocycles. The number of aryl methyl sites for hydroxylation is 1. The Morgan fingerprint density at radius 1 is 1.20 bits per heavy atom. The summed E-state index contributed by atoms with van der Waals surface area (Å²) >= 11 is 0. The number of hydrogen-bond acceptors (Lipinski definition) is 1. The summed E-state index contributed by atoms with van der Waals surface area (Å²) in [7, 11) is 0. The largest absolute Gasteiger partial charge is 0.270 e. The smallest absolute Gasteiger partial charge is 0.268 e. The van der Waals surface area contributed by atoms with Crippen molar-refractivity contribution in [3.63, 3.8) is 0 Å². The third-order valence-electron chi connectivity index (χ3n) is 2.11. The molecule has 0 aliphatic rings. The van der Waals surface area contributed by atoms with E-state index in [2.05, 4.69) is 5.43 Å². The summed E-state index contributed by atoms with van der Waals surface area (Å²) < 4.78 is 1.66. The topological polar surface area (TPSA) is 34.0 Å². The number of carbonyl (C=O) groups excluding carboxylic acids is 1. The zero-order valence-corrected chi connectivity index (χ0v) is 8.47. The van der Waals surface area contributed by atoms with Crippen molar-refractivity contribution in [2.45, 2.75) is 6.92 Å². The van der Waals surface area contributed by atoms with Crippen LogP contribution in [0.2, 0.25) is 0 Å². The number of nitrogens with one attached hydrogen (secondary N) is 1. The zero-order valence-electron chi connectivity index (χ0n) is 8.47. The Kier molecular flexibility index (Phi) is 2.54. The first-order valence-electron chi connectivity index (χ1n) is 4.77. The van der Waals surface area contributed by atoms with Crippen molar-refractivity contribution >= 4 is 5.91 Å². The van der Waals surface area contributed by atoms with E-state index in [0.717, 1.165) is 5.56 Å². The van der Waals surface area contributed by atoms with Crippen molar-refractivity contribution in [1.29, 1.82) is 0 Å². The summed E-state index contributed by atoms with van der Waals surface area (Å²) in [5, 5.41) is 0. The Balaban J connectivity index is 2.11. The number of hydrogen-bond donors (Lipinski definition) is 1. The van der Waals surface area contributed by atoms with Gasteiger partial charge < -0.3 is 0 Å². The second-order valence-electron chi connectivity index (χ2n) is 3.40. The first-order chi connectivity index (χ1) is 7.25. The maximum Gasteiger partial charge on any atom is 0.270 e. The van der Waals surface area contributed by atoms with Crippen molar-refractivity contribution in [3.05, 3.63) is 59.9 Å². The molecule has 1 aromatic heterocycles. The van der Waals surface area contributed by atoms with Crippen molar-refractivity contribution in [2.24, 2.45) is 0 Å². The van der Waals surface area contributed by atoms with Crippen LogP contribution >= 0.6 is 0 Å². The SMILES string of the molecule is Cc1ccn(NC(=O)c2ccccc2)c1. The fourth-order valence-electron chi connectivity index (χ4n) is 1.34. The Bertz CT molecular complexity index is 459. The number of rotatable bonds is 2. The van der Waals surface area contributed by atoms with Gasteiger partial charge in [0.15, 0.2) is 0 Å². The van der Waals surface area contributed by atoms with Crippen LogP contribution in [-0.4, -0.2) is 10.6 Å². The maximum absolute atomic E-state index is 11.7. The number of carbonyl (C=O) groups is 1. The fraction of sp³-hybridized carbons (Fsp3) is 0.0833. The molecule has 0 radical (unpaired) electrons. The molecule has 15 heavy (non-hydrogen) atoms. The van der Waals surface area contributed by atoms with Crippen LogP contribution in [0.3, 0.4) is 0 Å². The van der Waals surface area contributed by atoms with E-state index in [0.29, 0.717) is 5.56 Å². The predicted molar refractivity (Wildman–Crippen MR) is 59.3 cm³/mol. The van der Waals surface area contributed by atoms with Gasteiger partial charge in [0.1, 0.15) is 0 Å². The molecule has 0 saturated carbocycles. The van der Waals surface area contributed by atoms with E-state index in [1.807, 2.05) is 43.6 Å². The molecule has 76 valence electrons. The van der Waals surface area contributed by atoms with E-state index < -0.39 is 0 Å². The van der Waals surface area contributed by atoms with Crippen LogP contribution < -0.4 is 5.43 Å². The van der Waals surface area contributed by atoms with Gasteiger partial charge in [-0.3, -0.25) is 14.9 Å². The molecule has 1 N–H and O–H groups in total. The summed E-state index contributed by atoms with van der Waals surface area (Å²) in [6.07, 6.45) is 3.68. The average Bonchev–Trinajstić information content (AvgIpc) is 2.65. The van der Waals surface area contributed by atoms with Crippen molar-refractivity contribution in [2.75, 3.05) is 5.43 Å². The molecule has 1 aromatic carbocycles. The number of nitrogens with zero attached hydrogens (tertiary/aromatic N) is 1. The second kappa shape index (κ2) is 4.00. The highest BCUT2D eigenvalue weighted by Gasteiger charge is 2.03. The molecular weight excluding hydrogens is 188 g/mol. The lowest BCUT2D eigenvalue weighted by Crippen LogP contribution is -2.21. The van der Waals surface area contributed by atoms with Gasteiger partial charge in [0.25, 0.3) is 5.91 Å². The molecule has 0 spiro atoms. The van der Waals surface area contributed by atoms with Crippen molar-refractivity contribution in [1.82, 2.24) is 4.68 Å². The van der Waals surface area contributed by atoms with Gasteiger partial charge in [-0.15, -0.1) is 0 Å². The van der Waals surface area contributed by atoms with E-state index in [4.69, 9.17) is 0 Å². The summed E-state index contributed by atoms with van der Waals surface area (Å²) in [5.74, 6) is -0.105. The van der Waals surface area contributed by atoms with Gasteiger partial charge in [-0.05, 0) is 30.7 Å². The van der Waals surface area contributed by atoms with Gasteiger partial charge in [-0.1, -0.05) is 18.2 Å². The molecule has 0 saturated heterocycles. The highest BCUT2D eigenvalue weighted by Crippen LogP contribution is 2.00. The predicted octanol–water partition coefficient (Wildman–Crippen LogP) is 2.18. The van der Waals surface area contributed by atoms with Gasteiger partial charge >= 0.3 is 0 Å². The van der Waals surface area contributed by atoms with Gasteiger partial charge in [0.05, 0.1) is 0 Å². The van der Waals surface area contributed by atoms with E-state index in [1.165, 1.54) is 0 Å². The Hall–Kier alpha value is -2.03. The first kappa shape index (κ1) is 9.52. The van der Waals surface area contributed by atoms with Crippen LogP contribution in [-0.2, 0) is 0 Å². The monoisotopic (exact) mass is 200 g/mol. The van der Waals surface area contributed by atoms with Crippen molar-refractivity contribution in [3.8, 4) is 0 Å². The van der Waals surface area contributed by atoms with Crippen LogP contribution in [0, 0.1) is 6.92 Å². The van der Waals surface area contributed by atoms with Gasteiger partial charge in [-0.2, -0.15) is 0 Å². The molecule has 0 aliphatic carbocycles. The summed E-state index contributed by atoms with van der Waals surface area (Å²) in [5.41, 5.74) is 4.53. The first-order valence-corrected chi connectivity index (χ1v) is 4.77. The molecule has 0 fully saturated rings. The lowest BCUT2D eigenvalue weighted by Gasteiger charge is -2.05. The van der Waals surface area contributed by atoms with Crippen LogP contribution in [0.5, 0.6) is 0 Å². The Morgan fingerprint density at radius 3 is 2.53 bits per heavy atom. The summed E-state index contributed by atoms with van der Waals surface area (Å²) in [6, 6.07) is 11.1. The highest BCUT2D eigenvalue weighted by atomic mass is 16.2. The van der Waals surface area contributed by atoms with Gasteiger partial charge in [0, 0.05) is 18.0 Å². The minimum absolute atomic E-state index is 0.105. The quantitative estimate of drug-likeness (QED) is 0.792. The Labute approximate surface area is 88.3 Å². The molecule has 0 unspecified atom stereocenters. The normalized spacial score (nSPS) is 9.93. The molecule has 0 bridgehead atoms. The van der Waals surface area contributed by atoms with Crippen LogP contribution in [0.15, 0.2) is 48.8 Å². The van der Waals surface area contributed by atoms with Crippen molar-refractivity contribution < 1.29 is 4.79 Å². The molecule has 3 heteroatoms. The standard InChI is InChI=1S/C12H12N2O/c1-10-7-8-14(9-10)13-12(15)11-5-3-2-4-6-11/h2-9H,1H3,(H,13,15). The molecule has 2 rings (SSSR count). The molecule has 2 aromatic rings. The molecule has 0 atom stereocenters. The lowest BCUT2D eigenvalue weighted by atomic mass is 10.2. The second-order valence-corrected chi connectivity index (χ2v) is 3.40. The fourth-order valence-corrected chi connectivity index (χ4v) is 1.34. The molecule has 3 nitrogen and oxygen atoms in total. The number of aromatic nitrogens is 1. The van der Waals surface area contributed by atoms with Gasteiger partial charge in [-0.25, -0.2) is 0 Å². The maximum atomic E-state index is 11.7. The summed E-state index contributed by atoms with van der Waals surface area (Å²) in [6.45, 7) is 1.98. The van der Waals surface area contributed by atoms with Crippen LogP contribution in [0.25, 0.3) is 0 Å². The minimum atomic E-state index is -0.105. The molecular formula is C12H12N2O. The summed E-state index contributed by atoms with van der Waals surface area (Å²) in [4.78, 5) is 11.7. The van der Waals surface area contributed by atoms with Crippen LogP contribution in [0.4, 0.5) is 0 Å². The Morgan fingerprint density at radius 2 is 1.93 bits per heavy atom. The minimum Gasteiger partial charge on any atom is -0.268 e. The molecule has 1 amide bonds. The third kappa shape index (κ3) is 2.26. The lowest BCUT2D eigenvalue weighted by molar-refractivity contribution is 0.101. The third-order valence-corrected chi connectivity index (χ3v) is 2.11. The zero-order chi connectivity index (χ0) is 10.7. The van der Waals surface area contributed by atoms with E-state index in [9.17, 15) is 4.79 Å². The average molecular weight is 200 g/mol.